The van der Waals surface area contributed by atoms with E-state index in [2.05, 4.69) is 5.32 Å². The smallest absolute Gasteiger partial charge is 0.244 e. The van der Waals surface area contributed by atoms with Gasteiger partial charge in [0, 0.05) is 12.6 Å². The fraction of sp³-hybridized carbons (Fsp3) is 0.500. The number of likely N-dealkylation sites (N-methyl/N-ethyl adjacent to an activating group) is 1. The SMILES string of the molecule is CCNC(=O)/C=C/SC. The number of hydrogen-bond acceptors (Lipinski definition) is 2. The van der Waals surface area contributed by atoms with Crippen molar-refractivity contribution in [2.75, 3.05) is 12.8 Å². The molecule has 0 aromatic heterocycles. The van der Waals surface area contributed by atoms with Gasteiger partial charge in [-0.2, -0.15) is 0 Å². The number of carbonyl (C=O) groups excluding carboxylic acids is 1. The standard InChI is InChI=1S/C6H11NOS/c1-3-7-6(8)4-5-9-2/h4-5H,3H2,1-2H3,(H,7,8)/b5-4+. The first kappa shape index (κ1) is 8.56. The third kappa shape index (κ3) is 5.43. The van der Waals surface area contributed by atoms with E-state index in [9.17, 15) is 4.79 Å². The zero-order valence-corrected chi connectivity index (χ0v) is 6.49. The molecule has 0 rings (SSSR count). The molecule has 0 bridgehead atoms. The maximum Gasteiger partial charge on any atom is 0.244 e. The van der Waals surface area contributed by atoms with Crippen LogP contribution < -0.4 is 5.32 Å². The highest BCUT2D eigenvalue weighted by atomic mass is 32.2. The average molecular weight is 145 g/mol. The summed E-state index contributed by atoms with van der Waals surface area (Å²) in [6, 6.07) is 0. The van der Waals surface area contributed by atoms with Crippen LogP contribution in [-0.4, -0.2) is 18.7 Å². The van der Waals surface area contributed by atoms with E-state index in [0.29, 0.717) is 6.54 Å². The predicted octanol–water partition coefficient (Wildman–Crippen LogP) is 0.999. The molecule has 1 amide bonds. The summed E-state index contributed by atoms with van der Waals surface area (Å²) in [5, 5.41) is 4.40. The molecule has 0 atom stereocenters. The zero-order chi connectivity index (χ0) is 7.11. The molecular formula is C6H11NOS. The van der Waals surface area contributed by atoms with Crippen LogP contribution in [0, 0.1) is 0 Å². The van der Waals surface area contributed by atoms with E-state index in [4.69, 9.17) is 0 Å². The first-order valence-electron chi connectivity index (χ1n) is 2.78. The fourth-order valence-electron chi connectivity index (χ4n) is 0.363. The summed E-state index contributed by atoms with van der Waals surface area (Å²) in [6.07, 6.45) is 3.43. The summed E-state index contributed by atoms with van der Waals surface area (Å²) in [4.78, 5) is 10.6. The van der Waals surface area contributed by atoms with E-state index in [0.717, 1.165) is 0 Å². The van der Waals surface area contributed by atoms with Gasteiger partial charge in [-0.15, -0.1) is 11.8 Å². The maximum atomic E-state index is 10.6. The minimum absolute atomic E-state index is 0.0214. The summed E-state index contributed by atoms with van der Waals surface area (Å²) in [6.45, 7) is 2.59. The first-order valence-corrected chi connectivity index (χ1v) is 4.07. The third-order valence-electron chi connectivity index (χ3n) is 0.707. The van der Waals surface area contributed by atoms with Crippen LogP contribution >= 0.6 is 11.8 Å². The number of hydrogen-bond donors (Lipinski definition) is 1. The minimum atomic E-state index is -0.0214. The molecular weight excluding hydrogens is 134 g/mol. The number of thioether (sulfide) groups is 1. The van der Waals surface area contributed by atoms with Crippen molar-refractivity contribution in [3.63, 3.8) is 0 Å². The van der Waals surface area contributed by atoms with Gasteiger partial charge in [-0.3, -0.25) is 4.79 Å². The van der Waals surface area contributed by atoms with Crippen molar-refractivity contribution in [2.45, 2.75) is 6.92 Å². The van der Waals surface area contributed by atoms with E-state index < -0.39 is 0 Å². The molecule has 2 nitrogen and oxygen atoms in total. The van der Waals surface area contributed by atoms with Crippen molar-refractivity contribution in [3.8, 4) is 0 Å². The van der Waals surface area contributed by atoms with Gasteiger partial charge < -0.3 is 5.32 Å². The molecule has 0 aliphatic rings. The Bertz CT molecular complexity index is 112. The van der Waals surface area contributed by atoms with E-state index in [1.54, 1.807) is 5.41 Å². The molecule has 0 aliphatic heterocycles. The van der Waals surface area contributed by atoms with Crippen molar-refractivity contribution in [3.05, 3.63) is 11.5 Å². The molecule has 0 aromatic rings. The second-order valence-corrected chi connectivity index (χ2v) is 2.18. The van der Waals surface area contributed by atoms with Crippen molar-refractivity contribution >= 4 is 17.7 Å². The molecule has 0 saturated carbocycles. The van der Waals surface area contributed by atoms with Crippen LogP contribution in [0.15, 0.2) is 11.5 Å². The van der Waals surface area contributed by atoms with Gasteiger partial charge in [0.05, 0.1) is 0 Å². The van der Waals surface area contributed by atoms with Gasteiger partial charge in [-0.25, -0.2) is 0 Å². The lowest BCUT2D eigenvalue weighted by Crippen LogP contribution is -2.19. The second kappa shape index (κ2) is 5.69. The van der Waals surface area contributed by atoms with Crippen molar-refractivity contribution in [1.82, 2.24) is 5.32 Å². The lowest BCUT2D eigenvalue weighted by Gasteiger charge is -1.92. The second-order valence-electron chi connectivity index (χ2n) is 1.43. The highest BCUT2D eigenvalue weighted by Crippen LogP contribution is 1.91. The van der Waals surface area contributed by atoms with Gasteiger partial charge in [0.2, 0.25) is 5.91 Å². The third-order valence-corrected chi connectivity index (χ3v) is 1.11. The summed E-state index contributed by atoms with van der Waals surface area (Å²) < 4.78 is 0. The lowest BCUT2D eigenvalue weighted by atomic mass is 10.6. The molecule has 0 heterocycles. The van der Waals surface area contributed by atoms with Crippen molar-refractivity contribution in [2.24, 2.45) is 0 Å². The monoisotopic (exact) mass is 145 g/mol. The van der Waals surface area contributed by atoms with E-state index in [1.165, 1.54) is 17.8 Å². The molecule has 0 saturated heterocycles. The van der Waals surface area contributed by atoms with Crippen molar-refractivity contribution < 1.29 is 4.79 Å². The summed E-state index contributed by atoms with van der Waals surface area (Å²) in [5.74, 6) is -0.0214. The molecule has 3 heteroatoms. The van der Waals surface area contributed by atoms with Crippen LogP contribution in [0.1, 0.15) is 6.92 Å². The van der Waals surface area contributed by atoms with Gasteiger partial charge >= 0.3 is 0 Å². The van der Waals surface area contributed by atoms with Gasteiger partial charge in [0.25, 0.3) is 0 Å². The molecule has 52 valence electrons. The van der Waals surface area contributed by atoms with E-state index in [-0.39, 0.29) is 5.91 Å². The maximum absolute atomic E-state index is 10.6. The van der Waals surface area contributed by atoms with Crippen LogP contribution in [0.5, 0.6) is 0 Å². The van der Waals surface area contributed by atoms with Crippen LogP contribution in [0.4, 0.5) is 0 Å². The Morgan fingerprint density at radius 1 is 1.78 bits per heavy atom. The van der Waals surface area contributed by atoms with Gasteiger partial charge in [-0.1, -0.05) is 0 Å². The topological polar surface area (TPSA) is 29.1 Å². The molecule has 0 radical (unpaired) electrons. The molecule has 0 spiro atoms. The highest BCUT2D eigenvalue weighted by molar-refractivity contribution is 8.01. The number of rotatable bonds is 3. The summed E-state index contributed by atoms with van der Waals surface area (Å²) >= 11 is 1.51. The normalized spacial score (nSPS) is 10.0. The molecule has 0 aromatic carbocycles. The van der Waals surface area contributed by atoms with Gasteiger partial charge in [-0.05, 0) is 18.6 Å². The molecule has 1 N–H and O–H groups in total. The lowest BCUT2D eigenvalue weighted by molar-refractivity contribution is -0.116. The van der Waals surface area contributed by atoms with E-state index in [1.807, 2.05) is 13.2 Å². The average Bonchev–Trinajstić information content (AvgIpc) is 1.85. The Morgan fingerprint density at radius 2 is 2.44 bits per heavy atom. The largest absolute Gasteiger partial charge is 0.353 e. The van der Waals surface area contributed by atoms with Gasteiger partial charge in [0.15, 0.2) is 0 Å². The van der Waals surface area contributed by atoms with E-state index >= 15 is 0 Å². The molecule has 0 aliphatic carbocycles. The Labute approximate surface area is 59.7 Å². The molecule has 0 fully saturated rings. The Kier molecular flexibility index (Phi) is 5.41. The van der Waals surface area contributed by atoms with Crippen LogP contribution in [0.3, 0.4) is 0 Å². The van der Waals surface area contributed by atoms with Crippen LogP contribution in [0.2, 0.25) is 0 Å². The summed E-state index contributed by atoms with van der Waals surface area (Å²) in [7, 11) is 0. The van der Waals surface area contributed by atoms with Gasteiger partial charge in [0.1, 0.15) is 0 Å². The van der Waals surface area contributed by atoms with Crippen molar-refractivity contribution in [1.29, 1.82) is 0 Å². The quantitative estimate of drug-likeness (QED) is 0.600. The molecule has 9 heavy (non-hydrogen) atoms. The number of carbonyl (C=O) groups is 1. The highest BCUT2D eigenvalue weighted by Gasteiger charge is 1.87. The summed E-state index contributed by atoms with van der Waals surface area (Å²) in [5.41, 5.74) is 0. The fourth-order valence-corrected chi connectivity index (χ4v) is 0.623. The van der Waals surface area contributed by atoms with Crippen LogP contribution in [0.25, 0.3) is 0 Å². The molecule has 0 unspecified atom stereocenters. The Balaban J connectivity index is 3.37. The van der Waals surface area contributed by atoms with Crippen LogP contribution in [-0.2, 0) is 4.79 Å². The number of nitrogens with one attached hydrogen (secondary N) is 1. The minimum Gasteiger partial charge on any atom is -0.353 e. The first-order chi connectivity index (χ1) is 4.31. The zero-order valence-electron chi connectivity index (χ0n) is 5.68. The number of amides is 1. The Morgan fingerprint density at radius 3 is 2.89 bits per heavy atom. The Hall–Kier alpha value is -0.440. The predicted molar refractivity (Wildman–Crippen MR) is 41.3 cm³/mol.